The van der Waals surface area contributed by atoms with Crippen LogP contribution in [0, 0.1) is 0 Å². The summed E-state index contributed by atoms with van der Waals surface area (Å²) in [6, 6.07) is 0.568. The molecule has 0 saturated heterocycles. The third-order valence-electron chi connectivity index (χ3n) is 2.87. The van der Waals surface area contributed by atoms with Gasteiger partial charge in [-0.15, -0.1) is 0 Å². The molecule has 1 aliphatic rings. The second kappa shape index (κ2) is 3.71. The minimum Gasteiger partial charge on any atom is -0.390 e. The summed E-state index contributed by atoms with van der Waals surface area (Å²) in [7, 11) is 0. The van der Waals surface area contributed by atoms with E-state index in [2.05, 4.69) is 28.3 Å². The molecular weight excluding hydrogens is 178 g/mol. The summed E-state index contributed by atoms with van der Waals surface area (Å²) < 4.78 is 2.12. The van der Waals surface area contributed by atoms with Gasteiger partial charge in [0, 0.05) is 19.1 Å². The van der Waals surface area contributed by atoms with Crippen molar-refractivity contribution < 1.29 is 5.11 Å². The summed E-state index contributed by atoms with van der Waals surface area (Å²) in [6.07, 6.45) is 1.78. The van der Waals surface area contributed by atoms with Gasteiger partial charge in [-0.3, -0.25) is 4.90 Å². The van der Waals surface area contributed by atoms with Crippen molar-refractivity contribution in [1.82, 2.24) is 14.5 Å². The summed E-state index contributed by atoms with van der Waals surface area (Å²) in [4.78, 5) is 6.71. The van der Waals surface area contributed by atoms with E-state index in [0.29, 0.717) is 6.04 Å². The minimum atomic E-state index is 0.0919. The zero-order valence-electron chi connectivity index (χ0n) is 8.77. The largest absolute Gasteiger partial charge is 0.390 e. The molecule has 2 rings (SSSR count). The predicted octanol–water partition coefficient (Wildman–Crippen LogP) is 0.599. The van der Waals surface area contributed by atoms with E-state index in [1.54, 1.807) is 6.20 Å². The highest BCUT2D eigenvalue weighted by molar-refractivity contribution is 5.06. The van der Waals surface area contributed by atoms with Crippen molar-refractivity contribution in [2.75, 3.05) is 6.54 Å². The lowest BCUT2D eigenvalue weighted by Crippen LogP contribution is -2.38. The molecule has 0 aromatic carbocycles. The van der Waals surface area contributed by atoms with Gasteiger partial charge in [-0.25, -0.2) is 4.98 Å². The Hall–Kier alpha value is -0.870. The molecule has 0 amide bonds. The summed E-state index contributed by atoms with van der Waals surface area (Å²) in [5.74, 6) is 1.08. The van der Waals surface area contributed by atoms with Gasteiger partial charge in [0.1, 0.15) is 5.82 Å². The number of nitrogens with zero attached hydrogens (tertiary/aromatic N) is 3. The molecule has 0 aliphatic carbocycles. The Morgan fingerprint density at radius 2 is 2.29 bits per heavy atom. The summed E-state index contributed by atoms with van der Waals surface area (Å²) in [5, 5.41) is 9.08. The standard InChI is InChI=1S/C10H17N3O/c1-8(2)12-3-4-13-9(7-14)5-11-10(13)6-12/h5,8,14H,3-4,6-7H2,1-2H3. The maximum atomic E-state index is 9.08. The maximum absolute atomic E-state index is 9.08. The molecule has 0 radical (unpaired) electrons. The van der Waals surface area contributed by atoms with Gasteiger partial charge in [-0.1, -0.05) is 0 Å². The van der Waals surface area contributed by atoms with E-state index in [1.807, 2.05) is 0 Å². The Kier molecular flexibility index (Phi) is 2.56. The van der Waals surface area contributed by atoms with Crippen LogP contribution < -0.4 is 0 Å². The first kappa shape index (κ1) is 9.68. The zero-order chi connectivity index (χ0) is 10.1. The van der Waals surface area contributed by atoms with Crippen LogP contribution in [0.3, 0.4) is 0 Å². The first-order chi connectivity index (χ1) is 6.72. The fraction of sp³-hybridized carbons (Fsp3) is 0.700. The minimum absolute atomic E-state index is 0.0919. The number of aromatic nitrogens is 2. The summed E-state index contributed by atoms with van der Waals surface area (Å²) in [5.41, 5.74) is 0.934. The molecule has 0 saturated carbocycles. The number of hydrogen-bond donors (Lipinski definition) is 1. The molecule has 1 aliphatic heterocycles. The number of imidazole rings is 1. The van der Waals surface area contributed by atoms with Gasteiger partial charge in [0.2, 0.25) is 0 Å². The van der Waals surface area contributed by atoms with Crippen molar-refractivity contribution in [3.05, 3.63) is 17.7 Å². The third-order valence-corrected chi connectivity index (χ3v) is 2.87. The first-order valence-corrected chi connectivity index (χ1v) is 5.10. The molecule has 2 heterocycles. The molecular formula is C10H17N3O. The lowest BCUT2D eigenvalue weighted by Gasteiger charge is -2.31. The number of rotatable bonds is 2. The molecule has 0 fully saturated rings. The first-order valence-electron chi connectivity index (χ1n) is 5.10. The molecule has 0 bridgehead atoms. The van der Waals surface area contributed by atoms with E-state index in [4.69, 9.17) is 5.11 Å². The van der Waals surface area contributed by atoms with Crippen molar-refractivity contribution in [2.45, 2.75) is 39.6 Å². The van der Waals surface area contributed by atoms with Crippen LogP contribution in [-0.4, -0.2) is 32.1 Å². The molecule has 78 valence electrons. The highest BCUT2D eigenvalue weighted by Crippen LogP contribution is 2.15. The molecule has 14 heavy (non-hydrogen) atoms. The van der Waals surface area contributed by atoms with Crippen LogP contribution in [0.4, 0.5) is 0 Å². The Bertz CT molecular complexity index is 319. The Morgan fingerprint density at radius 1 is 1.50 bits per heavy atom. The van der Waals surface area contributed by atoms with E-state index in [9.17, 15) is 0 Å². The van der Waals surface area contributed by atoms with E-state index < -0.39 is 0 Å². The Labute approximate surface area is 84.2 Å². The van der Waals surface area contributed by atoms with Gasteiger partial charge in [0.15, 0.2) is 0 Å². The van der Waals surface area contributed by atoms with Crippen molar-refractivity contribution >= 4 is 0 Å². The van der Waals surface area contributed by atoms with Gasteiger partial charge >= 0.3 is 0 Å². The van der Waals surface area contributed by atoms with Crippen LogP contribution in [0.25, 0.3) is 0 Å². The van der Waals surface area contributed by atoms with Crippen molar-refractivity contribution in [2.24, 2.45) is 0 Å². The molecule has 4 nitrogen and oxygen atoms in total. The van der Waals surface area contributed by atoms with E-state index >= 15 is 0 Å². The van der Waals surface area contributed by atoms with Crippen LogP contribution >= 0.6 is 0 Å². The molecule has 0 unspecified atom stereocenters. The monoisotopic (exact) mass is 195 g/mol. The fourth-order valence-electron chi connectivity index (χ4n) is 1.91. The molecule has 4 heteroatoms. The van der Waals surface area contributed by atoms with Crippen LogP contribution in [0.1, 0.15) is 25.4 Å². The van der Waals surface area contributed by atoms with Crippen molar-refractivity contribution in [1.29, 1.82) is 0 Å². The normalized spacial score (nSPS) is 17.4. The molecule has 1 N–H and O–H groups in total. The van der Waals surface area contributed by atoms with Crippen LogP contribution in [0.5, 0.6) is 0 Å². The smallest absolute Gasteiger partial charge is 0.123 e. The lowest BCUT2D eigenvalue weighted by atomic mass is 10.2. The van der Waals surface area contributed by atoms with Gasteiger partial charge < -0.3 is 9.67 Å². The second-order valence-electron chi connectivity index (χ2n) is 4.04. The quantitative estimate of drug-likeness (QED) is 0.751. The van der Waals surface area contributed by atoms with E-state index in [-0.39, 0.29) is 6.61 Å². The predicted molar refractivity (Wildman–Crippen MR) is 53.7 cm³/mol. The van der Waals surface area contributed by atoms with Crippen molar-refractivity contribution in [3.8, 4) is 0 Å². The topological polar surface area (TPSA) is 41.3 Å². The zero-order valence-corrected chi connectivity index (χ0v) is 8.77. The maximum Gasteiger partial charge on any atom is 0.123 e. The molecule has 1 aromatic rings. The van der Waals surface area contributed by atoms with Crippen LogP contribution in [0.2, 0.25) is 0 Å². The van der Waals surface area contributed by atoms with Gasteiger partial charge in [-0.2, -0.15) is 0 Å². The molecule has 1 aromatic heterocycles. The van der Waals surface area contributed by atoms with Gasteiger partial charge in [0.05, 0.1) is 25.0 Å². The Balaban J connectivity index is 2.20. The van der Waals surface area contributed by atoms with Crippen LogP contribution in [-0.2, 0) is 19.7 Å². The number of aliphatic hydroxyl groups excluding tert-OH is 1. The number of aliphatic hydroxyl groups is 1. The van der Waals surface area contributed by atoms with E-state index in [0.717, 1.165) is 31.2 Å². The number of fused-ring (bicyclic) bond motifs is 1. The Morgan fingerprint density at radius 3 is 2.93 bits per heavy atom. The number of hydrogen-bond acceptors (Lipinski definition) is 3. The van der Waals surface area contributed by atoms with E-state index in [1.165, 1.54) is 0 Å². The van der Waals surface area contributed by atoms with Crippen LogP contribution in [0.15, 0.2) is 6.20 Å². The average Bonchev–Trinajstić information content (AvgIpc) is 2.59. The summed E-state index contributed by atoms with van der Waals surface area (Å²) >= 11 is 0. The highest BCUT2D eigenvalue weighted by Gasteiger charge is 2.20. The third kappa shape index (κ3) is 1.55. The average molecular weight is 195 g/mol. The lowest BCUT2D eigenvalue weighted by molar-refractivity contribution is 0.168. The van der Waals surface area contributed by atoms with Crippen molar-refractivity contribution in [3.63, 3.8) is 0 Å². The summed E-state index contributed by atoms with van der Waals surface area (Å²) in [6.45, 7) is 7.39. The van der Waals surface area contributed by atoms with Gasteiger partial charge in [0.25, 0.3) is 0 Å². The second-order valence-corrected chi connectivity index (χ2v) is 4.04. The van der Waals surface area contributed by atoms with Gasteiger partial charge in [-0.05, 0) is 13.8 Å². The fourth-order valence-corrected chi connectivity index (χ4v) is 1.91. The molecule has 0 atom stereocenters. The SMILES string of the molecule is CC(C)N1CCn2c(CO)cnc2C1. The molecule has 0 spiro atoms. The highest BCUT2D eigenvalue weighted by atomic mass is 16.3.